The summed E-state index contributed by atoms with van der Waals surface area (Å²) in [6, 6.07) is 8.19. The van der Waals surface area contributed by atoms with Crippen LogP contribution in [-0.2, 0) is 10.3 Å². The molecule has 0 radical (unpaired) electrons. The molecule has 3 heterocycles. The predicted molar refractivity (Wildman–Crippen MR) is 92.6 cm³/mol. The van der Waals surface area contributed by atoms with Crippen molar-refractivity contribution in [3.63, 3.8) is 0 Å². The fourth-order valence-corrected chi connectivity index (χ4v) is 4.16. The molecule has 120 valence electrons. The highest BCUT2D eigenvalue weighted by molar-refractivity contribution is 9.10. The lowest BCUT2D eigenvalue weighted by molar-refractivity contribution is -0.125. The molecular weight excluding hydrogens is 340 g/mol. The van der Waals surface area contributed by atoms with Crippen molar-refractivity contribution in [3.05, 3.63) is 34.3 Å². The van der Waals surface area contributed by atoms with Crippen molar-refractivity contribution in [1.82, 2.24) is 10.2 Å². The molecule has 1 N–H and O–H groups in total. The summed E-state index contributed by atoms with van der Waals surface area (Å²) in [5.41, 5.74) is 0.809. The van der Waals surface area contributed by atoms with Crippen molar-refractivity contribution >= 4 is 21.8 Å². The Morgan fingerprint density at radius 3 is 2.45 bits per heavy atom. The van der Waals surface area contributed by atoms with E-state index in [-0.39, 0.29) is 11.4 Å². The number of carbonyl (C=O) groups is 1. The first kappa shape index (κ1) is 16.0. The molecule has 3 fully saturated rings. The second-order valence-corrected chi connectivity index (χ2v) is 8.20. The second kappa shape index (κ2) is 6.32. The Balaban J connectivity index is 1.60. The van der Waals surface area contributed by atoms with Crippen LogP contribution in [0.3, 0.4) is 0 Å². The van der Waals surface area contributed by atoms with E-state index in [1.54, 1.807) is 0 Å². The summed E-state index contributed by atoms with van der Waals surface area (Å²) < 4.78 is 1.06. The van der Waals surface area contributed by atoms with Crippen LogP contribution in [0.2, 0.25) is 0 Å². The summed E-state index contributed by atoms with van der Waals surface area (Å²) >= 11 is 3.46. The van der Waals surface area contributed by atoms with Crippen LogP contribution in [0.4, 0.5) is 0 Å². The van der Waals surface area contributed by atoms with Gasteiger partial charge in [-0.15, -0.1) is 0 Å². The third kappa shape index (κ3) is 3.54. The Bertz CT molecular complexity index is 533. The molecule has 3 nitrogen and oxygen atoms in total. The van der Waals surface area contributed by atoms with Crippen LogP contribution in [0, 0.1) is 11.8 Å². The summed E-state index contributed by atoms with van der Waals surface area (Å²) in [5, 5.41) is 3.23. The molecule has 0 aromatic heterocycles. The van der Waals surface area contributed by atoms with Gasteiger partial charge in [0, 0.05) is 17.4 Å². The van der Waals surface area contributed by atoms with E-state index in [2.05, 4.69) is 52.1 Å². The molecule has 0 aliphatic carbocycles. The molecule has 3 aliphatic heterocycles. The molecular formula is C18H25BrN2O. The van der Waals surface area contributed by atoms with Crippen molar-refractivity contribution in [1.29, 1.82) is 0 Å². The highest BCUT2D eigenvalue weighted by atomic mass is 79.9. The fraction of sp³-hybridized carbons (Fsp3) is 0.611. The van der Waals surface area contributed by atoms with Crippen LogP contribution < -0.4 is 5.32 Å². The van der Waals surface area contributed by atoms with Crippen LogP contribution in [0.25, 0.3) is 0 Å². The number of fused-ring (bicyclic) bond motifs is 3. The molecule has 4 rings (SSSR count). The van der Waals surface area contributed by atoms with Gasteiger partial charge in [0.25, 0.3) is 0 Å². The molecule has 2 bridgehead atoms. The summed E-state index contributed by atoms with van der Waals surface area (Å²) in [6.45, 7) is 7.71. The third-order valence-electron chi connectivity index (χ3n) is 5.26. The Hall–Kier alpha value is -0.870. The van der Waals surface area contributed by atoms with Gasteiger partial charge in [0.2, 0.25) is 5.91 Å². The summed E-state index contributed by atoms with van der Waals surface area (Å²) in [5.74, 6) is 1.49. The molecule has 3 saturated heterocycles. The molecule has 1 unspecified atom stereocenters. The number of benzene rings is 1. The molecule has 0 saturated carbocycles. The average Bonchev–Trinajstić information content (AvgIpc) is 2.48. The lowest BCUT2D eigenvalue weighted by Gasteiger charge is -2.44. The number of hydrogen-bond donors (Lipinski definition) is 1. The van der Waals surface area contributed by atoms with Gasteiger partial charge in [-0.1, -0.05) is 28.1 Å². The minimum atomic E-state index is -0.328. The zero-order valence-corrected chi connectivity index (χ0v) is 15.0. The van der Waals surface area contributed by atoms with E-state index in [9.17, 15) is 4.79 Å². The largest absolute Gasteiger partial charge is 0.347 e. The predicted octanol–water partition coefficient (Wildman–Crippen LogP) is 3.53. The number of nitrogens with one attached hydrogen (secondary N) is 1. The summed E-state index contributed by atoms with van der Waals surface area (Å²) in [7, 11) is 0. The smallest absolute Gasteiger partial charge is 0.221 e. The van der Waals surface area contributed by atoms with E-state index in [1.165, 1.54) is 25.9 Å². The number of amides is 1. The Morgan fingerprint density at radius 2 is 1.91 bits per heavy atom. The minimum absolute atomic E-state index is 0.187. The first-order chi connectivity index (χ1) is 10.4. The van der Waals surface area contributed by atoms with Crippen molar-refractivity contribution in [2.45, 2.75) is 38.6 Å². The van der Waals surface area contributed by atoms with E-state index in [0.717, 1.165) is 22.5 Å². The van der Waals surface area contributed by atoms with Gasteiger partial charge in [-0.05, 0) is 69.3 Å². The van der Waals surface area contributed by atoms with Gasteiger partial charge < -0.3 is 10.2 Å². The van der Waals surface area contributed by atoms with E-state index in [1.807, 2.05) is 12.1 Å². The monoisotopic (exact) mass is 364 g/mol. The van der Waals surface area contributed by atoms with Crippen LogP contribution in [-0.4, -0.2) is 30.4 Å². The highest BCUT2D eigenvalue weighted by Crippen LogP contribution is 2.34. The number of piperidine rings is 3. The standard InChI is InChI=1S/C18H25BrN2O/c1-18(2,15-3-5-16(19)6-4-15)20-17(22)11-14-12-21-9-7-13(14)8-10-21/h3-6,13-14H,7-12H2,1-2H3,(H,20,22). The molecule has 3 aliphatic rings. The van der Waals surface area contributed by atoms with Gasteiger partial charge in [0.1, 0.15) is 0 Å². The number of carbonyl (C=O) groups excluding carboxylic acids is 1. The fourth-order valence-electron chi connectivity index (χ4n) is 3.90. The normalized spacial score (nSPS) is 27.7. The Morgan fingerprint density at radius 1 is 1.27 bits per heavy atom. The van der Waals surface area contributed by atoms with E-state index in [4.69, 9.17) is 0 Å². The van der Waals surface area contributed by atoms with Gasteiger partial charge in [-0.25, -0.2) is 0 Å². The molecule has 22 heavy (non-hydrogen) atoms. The van der Waals surface area contributed by atoms with E-state index in [0.29, 0.717) is 12.3 Å². The first-order valence-corrected chi connectivity index (χ1v) is 9.03. The van der Waals surface area contributed by atoms with E-state index >= 15 is 0 Å². The quantitative estimate of drug-likeness (QED) is 0.885. The van der Waals surface area contributed by atoms with Gasteiger partial charge in [0.15, 0.2) is 0 Å². The Labute approximate surface area is 141 Å². The van der Waals surface area contributed by atoms with Crippen LogP contribution in [0.15, 0.2) is 28.7 Å². The van der Waals surface area contributed by atoms with Gasteiger partial charge in [-0.2, -0.15) is 0 Å². The maximum atomic E-state index is 12.5. The zero-order chi connectivity index (χ0) is 15.7. The van der Waals surface area contributed by atoms with Crippen molar-refractivity contribution < 1.29 is 4.79 Å². The first-order valence-electron chi connectivity index (χ1n) is 8.23. The minimum Gasteiger partial charge on any atom is -0.347 e. The molecule has 1 amide bonds. The SMILES string of the molecule is CC(C)(NC(=O)CC1CN2CCC1CC2)c1ccc(Br)cc1. The average molecular weight is 365 g/mol. The number of rotatable bonds is 4. The van der Waals surface area contributed by atoms with Crippen LogP contribution in [0.1, 0.15) is 38.7 Å². The molecule has 4 heteroatoms. The zero-order valence-electron chi connectivity index (χ0n) is 13.4. The van der Waals surface area contributed by atoms with Gasteiger partial charge >= 0.3 is 0 Å². The van der Waals surface area contributed by atoms with Gasteiger partial charge in [-0.3, -0.25) is 4.79 Å². The number of nitrogens with zero attached hydrogens (tertiary/aromatic N) is 1. The maximum Gasteiger partial charge on any atom is 0.221 e. The number of halogens is 1. The van der Waals surface area contributed by atoms with Crippen LogP contribution in [0.5, 0.6) is 0 Å². The van der Waals surface area contributed by atoms with E-state index < -0.39 is 0 Å². The summed E-state index contributed by atoms with van der Waals surface area (Å²) in [6.07, 6.45) is 3.21. The summed E-state index contributed by atoms with van der Waals surface area (Å²) in [4.78, 5) is 15.0. The van der Waals surface area contributed by atoms with Crippen LogP contribution >= 0.6 is 15.9 Å². The molecule has 1 aromatic carbocycles. The second-order valence-electron chi connectivity index (χ2n) is 7.28. The third-order valence-corrected chi connectivity index (χ3v) is 5.79. The lowest BCUT2D eigenvalue weighted by atomic mass is 9.77. The lowest BCUT2D eigenvalue weighted by Crippen LogP contribution is -2.49. The van der Waals surface area contributed by atoms with Crippen molar-refractivity contribution in [2.24, 2.45) is 11.8 Å². The maximum absolute atomic E-state index is 12.5. The topological polar surface area (TPSA) is 32.3 Å². The molecule has 1 aromatic rings. The Kier molecular flexibility index (Phi) is 4.60. The van der Waals surface area contributed by atoms with Gasteiger partial charge in [0.05, 0.1) is 5.54 Å². The van der Waals surface area contributed by atoms with Crippen molar-refractivity contribution in [2.75, 3.05) is 19.6 Å². The van der Waals surface area contributed by atoms with Crippen molar-refractivity contribution in [3.8, 4) is 0 Å². The number of hydrogen-bond acceptors (Lipinski definition) is 2. The molecule has 0 spiro atoms. The highest BCUT2D eigenvalue weighted by Gasteiger charge is 2.35. The molecule has 1 atom stereocenters.